The molecular weight excluding hydrogens is 431 g/mol. The summed E-state index contributed by atoms with van der Waals surface area (Å²) < 4.78 is 1.73. The third-order valence-electron chi connectivity index (χ3n) is 5.21. The smallest absolute Gasteiger partial charge is 0.226 e. The average Bonchev–Trinajstić information content (AvgIpc) is 3.11. The number of fused-ring (bicyclic) bond motifs is 1. The quantitative estimate of drug-likeness (QED) is 0.531. The molecule has 2 aromatic carbocycles. The second-order valence-corrected chi connectivity index (χ2v) is 8.36. The fraction of sp³-hybridized carbons (Fsp3) is 0.190. The van der Waals surface area contributed by atoms with E-state index in [1.54, 1.807) is 22.9 Å². The van der Waals surface area contributed by atoms with Gasteiger partial charge in [-0.05, 0) is 37.1 Å². The molecule has 5 rings (SSSR count). The fourth-order valence-corrected chi connectivity index (χ4v) is 4.62. The van der Waals surface area contributed by atoms with Gasteiger partial charge < -0.3 is 5.32 Å². The maximum atomic E-state index is 12.9. The molecule has 3 aromatic rings. The van der Waals surface area contributed by atoms with E-state index in [4.69, 9.17) is 39.9 Å². The van der Waals surface area contributed by atoms with Crippen LogP contribution in [0.2, 0.25) is 15.1 Å². The number of halogens is 3. The molecule has 8 heteroatoms. The summed E-state index contributed by atoms with van der Waals surface area (Å²) in [7, 11) is 0. The summed E-state index contributed by atoms with van der Waals surface area (Å²) in [5.41, 5.74) is 3.14. The topological polar surface area (TPSA) is 59.8 Å². The molecule has 0 saturated heterocycles. The first kappa shape index (κ1) is 18.7. The summed E-state index contributed by atoms with van der Waals surface area (Å²) in [5.74, 6) is 1.20. The van der Waals surface area contributed by atoms with Gasteiger partial charge in [0.25, 0.3) is 0 Å². The number of hydrogen-bond donors (Lipinski definition) is 1. The van der Waals surface area contributed by atoms with Gasteiger partial charge in [-0.3, -0.25) is 4.79 Å². The first-order valence-electron chi connectivity index (χ1n) is 9.22. The summed E-state index contributed by atoms with van der Waals surface area (Å²) in [6, 6.07) is 12.2. The van der Waals surface area contributed by atoms with E-state index in [1.165, 1.54) is 0 Å². The normalized spacial score (nSPS) is 18.3. The molecule has 0 saturated carbocycles. The van der Waals surface area contributed by atoms with Gasteiger partial charge in [-0.2, -0.15) is 4.98 Å². The number of benzene rings is 2. The highest BCUT2D eigenvalue weighted by atomic mass is 35.5. The van der Waals surface area contributed by atoms with Crippen LogP contribution in [-0.2, 0) is 4.79 Å². The molecule has 1 aliphatic carbocycles. The lowest BCUT2D eigenvalue weighted by atomic mass is 9.85. The van der Waals surface area contributed by atoms with Crippen LogP contribution in [0.4, 0.5) is 5.95 Å². The zero-order chi connectivity index (χ0) is 20.1. The number of hydrogen-bond acceptors (Lipinski definition) is 4. The molecule has 146 valence electrons. The van der Waals surface area contributed by atoms with Gasteiger partial charge in [0, 0.05) is 43.9 Å². The van der Waals surface area contributed by atoms with Crippen molar-refractivity contribution in [2.24, 2.45) is 0 Å². The van der Waals surface area contributed by atoms with Crippen molar-refractivity contribution in [2.75, 3.05) is 5.32 Å². The van der Waals surface area contributed by atoms with Gasteiger partial charge in [0.1, 0.15) is 6.04 Å². The summed E-state index contributed by atoms with van der Waals surface area (Å²) >= 11 is 18.8. The number of anilines is 1. The number of Topliss-reactive ketones (excluding diaryl/α,β-unsaturated/α-hetero) is 1. The van der Waals surface area contributed by atoms with Gasteiger partial charge >= 0.3 is 0 Å². The fourth-order valence-electron chi connectivity index (χ4n) is 3.92. The molecule has 0 bridgehead atoms. The van der Waals surface area contributed by atoms with Gasteiger partial charge in [-0.15, -0.1) is 5.10 Å². The Bertz CT molecular complexity index is 1180. The number of aromatic nitrogens is 3. The van der Waals surface area contributed by atoms with Crippen molar-refractivity contribution in [2.45, 2.75) is 25.3 Å². The molecule has 5 nitrogen and oxygen atoms in total. The molecule has 1 atom stereocenters. The Morgan fingerprint density at radius 3 is 2.66 bits per heavy atom. The van der Waals surface area contributed by atoms with E-state index < -0.39 is 6.04 Å². The number of carbonyl (C=O) groups excluding carboxylic acids is 1. The Hall–Kier alpha value is -2.34. The highest BCUT2D eigenvalue weighted by Crippen LogP contribution is 2.43. The summed E-state index contributed by atoms with van der Waals surface area (Å²) in [6.45, 7) is 0. The molecule has 0 spiro atoms. The number of nitrogens with one attached hydrogen (secondary N) is 1. The first-order valence-corrected chi connectivity index (χ1v) is 10.4. The second-order valence-electron chi connectivity index (χ2n) is 7.08. The van der Waals surface area contributed by atoms with E-state index in [9.17, 15) is 4.79 Å². The molecule has 1 aromatic heterocycles. The van der Waals surface area contributed by atoms with Crippen LogP contribution in [-0.4, -0.2) is 20.5 Å². The van der Waals surface area contributed by atoms with Crippen LogP contribution in [0, 0.1) is 0 Å². The molecule has 2 heterocycles. The van der Waals surface area contributed by atoms with Crippen LogP contribution < -0.4 is 5.32 Å². The van der Waals surface area contributed by atoms with Crippen molar-refractivity contribution in [1.82, 2.24) is 14.8 Å². The summed E-state index contributed by atoms with van der Waals surface area (Å²) in [6.07, 6.45) is 2.09. The first-order chi connectivity index (χ1) is 14.0. The van der Waals surface area contributed by atoms with Crippen LogP contribution in [0.15, 0.2) is 53.7 Å². The van der Waals surface area contributed by atoms with Crippen LogP contribution >= 0.6 is 34.8 Å². The van der Waals surface area contributed by atoms with E-state index in [1.807, 2.05) is 24.3 Å². The third kappa shape index (κ3) is 3.23. The van der Waals surface area contributed by atoms with Crippen LogP contribution in [0.5, 0.6) is 0 Å². The van der Waals surface area contributed by atoms with E-state index in [-0.39, 0.29) is 5.78 Å². The van der Waals surface area contributed by atoms with Gasteiger partial charge in [0.2, 0.25) is 5.95 Å². The molecule has 0 amide bonds. The zero-order valence-corrected chi connectivity index (χ0v) is 17.4. The molecule has 0 fully saturated rings. The summed E-state index contributed by atoms with van der Waals surface area (Å²) in [5, 5.41) is 9.65. The molecular formula is C21H15Cl3N4O. The second kappa shape index (κ2) is 7.17. The predicted octanol–water partition coefficient (Wildman–Crippen LogP) is 5.93. The molecule has 0 radical (unpaired) electrons. The SMILES string of the molecule is O=C1CCCC2=C1C(c1ccc(Cl)cc1Cl)n1nc(-c3cccc(Cl)c3)nc1N2. The van der Waals surface area contributed by atoms with Crippen molar-refractivity contribution < 1.29 is 4.79 Å². The lowest BCUT2D eigenvalue weighted by Crippen LogP contribution is -2.31. The van der Waals surface area contributed by atoms with Crippen molar-refractivity contribution in [3.8, 4) is 11.4 Å². The largest absolute Gasteiger partial charge is 0.328 e. The Kier molecular flexibility index (Phi) is 4.62. The number of nitrogens with zero attached hydrogens (tertiary/aromatic N) is 3. The highest BCUT2D eigenvalue weighted by molar-refractivity contribution is 6.35. The Balaban J connectivity index is 1.71. The third-order valence-corrected chi connectivity index (χ3v) is 6.01. The van der Waals surface area contributed by atoms with Gasteiger partial charge in [0.15, 0.2) is 11.6 Å². The summed E-state index contributed by atoms with van der Waals surface area (Å²) in [4.78, 5) is 17.5. The van der Waals surface area contributed by atoms with Gasteiger partial charge in [0.05, 0.1) is 0 Å². The zero-order valence-electron chi connectivity index (χ0n) is 15.1. The van der Waals surface area contributed by atoms with E-state index in [2.05, 4.69) is 10.3 Å². The molecule has 29 heavy (non-hydrogen) atoms. The predicted molar refractivity (Wildman–Crippen MR) is 115 cm³/mol. The van der Waals surface area contributed by atoms with Crippen LogP contribution in [0.3, 0.4) is 0 Å². The number of ketones is 1. The molecule has 1 aliphatic heterocycles. The minimum Gasteiger partial charge on any atom is -0.328 e. The van der Waals surface area contributed by atoms with Crippen molar-refractivity contribution in [1.29, 1.82) is 0 Å². The van der Waals surface area contributed by atoms with Crippen LogP contribution in [0.25, 0.3) is 11.4 Å². The Labute approximate surface area is 182 Å². The molecule has 1 N–H and O–H groups in total. The number of carbonyl (C=O) groups is 1. The minimum atomic E-state index is -0.459. The average molecular weight is 446 g/mol. The maximum absolute atomic E-state index is 12.9. The molecule has 2 aliphatic rings. The Morgan fingerprint density at radius 2 is 1.86 bits per heavy atom. The monoisotopic (exact) mass is 444 g/mol. The lowest BCUT2D eigenvalue weighted by molar-refractivity contribution is -0.116. The van der Waals surface area contributed by atoms with E-state index in [0.29, 0.717) is 38.8 Å². The molecule has 1 unspecified atom stereocenters. The minimum absolute atomic E-state index is 0.0974. The van der Waals surface area contributed by atoms with Gasteiger partial charge in [-0.1, -0.05) is 53.0 Å². The Morgan fingerprint density at radius 1 is 1.03 bits per heavy atom. The van der Waals surface area contributed by atoms with E-state index in [0.717, 1.165) is 29.7 Å². The van der Waals surface area contributed by atoms with Crippen molar-refractivity contribution >= 4 is 46.5 Å². The standard InChI is InChI=1S/C21H15Cl3N4O/c22-12-4-1-3-11(9-12)20-26-21-25-16-5-2-6-17(29)18(16)19(28(21)27-20)14-8-7-13(23)10-15(14)24/h1,3-4,7-10,19H,2,5-6H2,(H,25,26,27). The van der Waals surface area contributed by atoms with E-state index >= 15 is 0 Å². The maximum Gasteiger partial charge on any atom is 0.226 e. The van der Waals surface area contributed by atoms with Crippen LogP contribution in [0.1, 0.15) is 30.9 Å². The lowest BCUT2D eigenvalue weighted by Gasteiger charge is -2.32. The highest BCUT2D eigenvalue weighted by Gasteiger charge is 2.37. The number of rotatable bonds is 2. The van der Waals surface area contributed by atoms with Crippen molar-refractivity contribution in [3.05, 3.63) is 74.4 Å². The van der Waals surface area contributed by atoms with Crippen molar-refractivity contribution in [3.63, 3.8) is 0 Å². The number of allylic oxidation sites excluding steroid dienone is 2. The van der Waals surface area contributed by atoms with Gasteiger partial charge in [-0.25, -0.2) is 4.68 Å².